The summed E-state index contributed by atoms with van der Waals surface area (Å²) in [7, 11) is 0. The maximum atomic E-state index is 12.8. The van der Waals surface area contributed by atoms with E-state index in [1.165, 1.54) is 6.07 Å². The third-order valence-electron chi connectivity index (χ3n) is 2.16. The Labute approximate surface area is 126 Å². The predicted molar refractivity (Wildman–Crippen MR) is 74.9 cm³/mol. The van der Waals surface area contributed by atoms with Crippen molar-refractivity contribution in [2.45, 2.75) is 25.1 Å². The van der Waals surface area contributed by atoms with Crippen LogP contribution in [0.1, 0.15) is 30.2 Å². The number of carbonyl (C=O) groups is 1. The molecule has 1 aromatic heterocycles. The van der Waals surface area contributed by atoms with Gasteiger partial charge in [0.15, 0.2) is 0 Å². The number of hydrogen-bond acceptors (Lipinski definition) is 3. The van der Waals surface area contributed by atoms with Crippen LogP contribution in [0.25, 0.3) is 0 Å². The molecule has 1 heterocycles. The van der Waals surface area contributed by atoms with Gasteiger partial charge in [0.25, 0.3) is 6.43 Å². The fourth-order valence-corrected chi connectivity index (χ4v) is 2.46. The van der Waals surface area contributed by atoms with Gasteiger partial charge >= 0.3 is 5.97 Å². The standard InChI is InChI=1S/C11H11BrF2INO2/c1-2-18-9(17)4-6-3-7(10(13)14)8(5-12)16-11(6)15/h3,10H,2,4-5H2,1H3. The van der Waals surface area contributed by atoms with E-state index in [0.29, 0.717) is 15.0 Å². The smallest absolute Gasteiger partial charge is 0.310 e. The Bertz CT molecular complexity index is 443. The molecule has 0 saturated carbocycles. The topological polar surface area (TPSA) is 39.2 Å². The molecular formula is C11H11BrF2INO2. The van der Waals surface area contributed by atoms with E-state index in [9.17, 15) is 13.6 Å². The average Bonchev–Trinajstić information content (AvgIpc) is 2.31. The summed E-state index contributed by atoms with van der Waals surface area (Å²) in [6, 6.07) is 1.33. The SMILES string of the molecule is CCOC(=O)Cc1cc(C(F)F)c(CBr)nc1I. The summed E-state index contributed by atoms with van der Waals surface area (Å²) in [5, 5.41) is 0.252. The van der Waals surface area contributed by atoms with Crippen LogP contribution >= 0.6 is 38.5 Å². The van der Waals surface area contributed by atoms with Crippen molar-refractivity contribution in [3.8, 4) is 0 Å². The van der Waals surface area contributed by atoms with Gasteiger partial charge in [-0.2, -0.15) is 0 Å². The van der Waals surface area contributed by atoms with Crippen molar-refractivity contribution in [2.24, 2.45) is 0 Å². The lowest BCUT2D eigenvalue weighted by Crippen LogP contribution is -2.11. The Morgan fingerprint density at radius 3 is 2.78 bits per heavy atom. The molecule has 0 N–H and O–H groups in total. The molecule has 7 heteroatoms. The molecule has 0 aliphatic heterocycles. The number of pyridine rings is 1. The molecule has 100 valence electrons. The first-order valence-corrected chi connectivity index (χ1v) is 7.37. The molecule has 0 aliphatic carbocycles. The van der Waals surface area contributed by atoms with Crippen LogP contribution in [0.15, 0.2) is 6.07 Å². The van der Waals surface area contributed by atoms with Gasteiger partial charge in [0.2, 0.25) is 0 Å². The molecule has 0 radical (unpaired) electrons. The minimum Gasteiger partial charge on any atom is -0.466 e. The Kier molecular flexibility index (Phi) is 6.40. The van der Waals surface area contributed by atoms with E-state index < -0.39 is 12.4 Å². The second-order valence-corrected chi connectivity index (χ2v) is 4.97. The third-order valence-corrected chi connectivity index (χ3v) is 3.63. The van der Waals surface area contributed by atoms with Crippen LogP contribution in [0, 0.1) is 3.70 Å². The summed E-state index contributed by atoms with van der Waals surface area (Å²) >= 11 is 5.05. The van der Waals surface area contributed by atoms with Gasteiger partial charge < -0.3 is 4.74 Å². The highest BCUT2D eigenvalue weighted by molar-refractivity contribution is 14.1. The van der Waals surface area contributed by atoms with Crippen molar-refractivity contribution in [3.63, 3.8) is 0 Å². The van der Waals surface area contributed by atoms with E-state index >= 15 is 0 Å². The van der Waals surface area contributed by atoms with E-state index in [1.807, 2.05) is 22.6 Å². The number of ether oxygens (including phenoxy) is 1. The van der Waals surface area contributed by atoms with Crippen molar-refractivity contribution in [2.75, 3.05) is 6.61 Å². The zero-order valence-electron chi connectivity index (χ0n) is 9.55. The summed E-state index contributed by atoms with van der Waals surface area (Å²) in [5.74, 6) is -0.441. The zero-order chi connectivity index (χ0) is 13.7. The van der Waals surface area contributed by atoms with E-state index in [0.717, 1.165) is 0 Å². The number of carbonyl (C=O) groups excluding carboxylic acids is 1. The Hall–Kier alpha value is -0.310. The third kappa shape index (κ3) is 4.11. The number of nitrogens with zero attached hydrogens (tertiary/aromatic N) is 1. The Morgan fingerprint density at radius 2 is 2.28 bits per heavy atom. The number of aromatic nitrogens is 1. The van der Waals surface area contributed by atoms with Gasteiger partial charge in [0.05, 0.1) is 18.7 Å². The van der Waals surface area contributed by atoms with Gasteiger partial charge in [-0.1, -0.05) is 15.9 Å². The van der Waals surface area contributed by atoms with Gasteiger partial charge in [-0.15, -0.1) is 0 Å². The van der Waals surface area contributed by atoms with Crippen molar-refractivity contribution in [1.29, 1.82) is 0 Å². The van der Waals surface area contributed by atoms with Gasteiger partial charge in [-0.05, 0) is 41.1 Å². The highest BCUT2D eigenvalue weighted by Crippen LogP contribution is 2.26. The van der Waals surface area contributed by atoms with Gasteiger partial charge in [0.1, 0.15) is 3.70 Å². The van der Waals surface area contributed by atoms with Crippen LogP contribution in [-0.4, -0.2) is 17.6 Å². The molecule has 0 saturated heterocycles. The quantitative estimate of drug-likeness (QED) is 0.308. The first-order chi connectivity index (χ1) is 8.49. The van der Waals surface area contributed by atoms with Crippen molar-refractivity contribution in [1.82, 2.24) is 4.98 Å². The molecule has 0 spiro atoms. The molecule has 1 aromatic rings. The van der Waals surface area contributed by atoms with Crippen LogP contribution in [0.4, 0.5) is 8.78 Å². The Morgan fingerprint density at radius 1 is 1.61 bits per heavy atom. The maximum Gasteiger partial charge on any atom is 0.310 e. The molecule has 3 nitrogen and oxygen atoms in total. The van der Waals surface area contributed by atoms with Crippen LogP contribution in [0.3, 0.4) is 0 Å². The highest BCUT2D eigenvalue weighted by atomic mass is 127. The Balaban J connectivity index is 3.05. The summed E-state index contributed by atoms with van der Waals surface area (Å²) in [5.41, 5.74) is 0.614. The van der Waals surface area contributed by atoms with Crippen molar-refractivity contribution < 1.29 is 18.3 Å². The first-order valence-electron chi connectivity index (χ1n) is 5.17. The van der Waals surface area contributed by atoms with Gasteiger partial charge in [-0.25, -0.2) is 13.8 Å². The largest absolute Gasteiger partial charge is 0.466 e. The fraction of sp³-hybridized carbons (Fsp3) is 0.455. The van der Waals surface area contributed by atoms with Gasteiger partial charge in [-0.3, -0.25) is 4.79 Å². The van der Waals surface area contributed by atoms with Crippen LogP contribution in [0.2, 0.25) is 0 Å². The molecule has 0 aromatic carbocycles. The number of rotatable bonds is 5. The zero-order valence-corrected chi connectivity index (χ0v) is 13.3. The number of halogens is 4. The molecule has 0 amide bonds. The summed E-state index contributed by atoms with van der Waals surface area (Å²) < 4.78 is 31.0. The monoisotopic (exact) mass is 433 g/mol. The van der Waals surface area contributed by atoms with Crippen LogP contribution in [0.5, 0.6) is 0 Å². The lowest BCUT2D eigenvalue weighted by molar-refractivity contribution is -0.142. The lowest BCUT2D eigenvalue weighted by Gasteiger charge is -2.10. The summed E-state index contributed by atoms with van der Waals surface area (Å²) in [6.45, 7) is 1.96. The second-order valence-electron chi connectivity index (χ2n) is 3.39. The molecule has 0 atom stereocenters. The summed E-state index contributed by atoms with van der Waals surface area (Å²) in [6.07, 6.45) is -2.65. The molecule has 0 aliphatic rings. The highest BCUT2D eigenvalue weighted by Gasteiger charge is 2.18. The first kappa shape index (κ1) is 15.7. The van der Waals surface area contributed by atoms with E-state index in [4.69, 9.17) is 4.74 Å². The minimum absolute atomic E-state index is 0.0403. The molecule has 18 heavy (non-hydrogen) atoms. The van der Waals surface area contributed by atoms with Crippen molar-refractivity contribution in [3.05, 3.63) is 26.6 Å². The van der Waals surface area contributed by atoms with Gasteiger partial charge in [0, 0.05) is 10.9 Å². The van der Waals surface area contributed by atoms with E-state index in [-0.39, 0.29) is 23.9 Å². The molecule has 0 unspecified atom stereocenters. The average molecular weight is 434 g/mol. The van der Waals surface area contributed by atoms with E-state index in [1.54, 1.807) is 6.92 Å². The van der Waals surface area contributed by atoms with Crippen LogP contribution < -0.4 is 0 Å². The fourth-order valence-electron chi connectivity index (χ4n) is 1.37. The van der Waals surface area contributed by atoms with Crippen molar-refractivity contribution >= 4 is 44.5 Å². The minimum atomic E-state index is -2.61. The molecule has 0 bridgehead atoms. The lowest BCUT2D eigenvalue weighted by atomic mass is 10.1. The summed E-state index contributed by atoms with van der Waals surface area (Å²) in [4.78, 5) is 15.4. The number of alkyl halides is 3. The second kappa shape index (κ2) is 7.32. The van der Waals surface area contributed by atoms with Crippen LogP contribution in [-0.2, 0) is 21.3 Å². The number of esters is 1. The number of hydrogen-bond donors (Lipinski definition) is 0. The molecular weight excluding hydrogens is 423 g/mol. The van der Waals surface area contributed by atoms with E-state index in [2.05, 4.69) is 20.9 Å². The molecule has 1 rings (SSSR count). The predicted octanol–water partition coefficient (Wildman–Crippen LogP) is 3.62. The normalized spacial score (nSPS) is 10.8. The molecule has 0 fully saturated rings. The maximum absolute atomic E-state index is 12.8.